The number of hydrogen-bond donors (Lipinski definition) is 1. The van der Waals surface area contributed by atoms with Crippen LogP contribution in [0.15, 0.2) is 95.4 Å². The molecule has 0 radical (unpaired) electrons. The van der Waals surface area contributed by atoms with Crippen LogP contribution in [0, 0.1) is 0 Å². The van der Waals surface area contributed by atoms with Gasteiger partial charge in [-0.2, -0.15) is 0 Å². The summed E-state index contributed by atoms with van der Waals surface area (Å²) in [5.74, 6) is -0.705. The van der Waals surface area contributed by atoms with E-state index in [4.69, 9.17) is 5.11 Å². The Morgan fingerprint density at radius 3 is 1.96 bits per heavy atom. The number of nitrogens with zero attached hydrogens (tertiary/aromatic N) is 4. The molecular formula is C42H55N4O2+. The lowest BCUT2D eigenvalue weighted by molar-refractivity contribution is -0.538. The predicted molar refractivity (Wildman–Crippen MR) is 199 cm³/mol. The Morgan fingerprint density at radius 1 is 0.771 bits per heavy atom. The monoisotopic (exact) mass is 647 g/mol. The zero-order valence-corrected chi connectivity index (χ0v) is 30.1. The number of aliphatic carboxylic acids is 1. The van der Waals surface area contributed by atoms with Gasteiger partial charge in [0.05, 0.1) is 13.1 Å². The topological polar surface area (TPSA) is 50.0 Å². The molecule has 0 bridgehead atoms. The Balaban J connectivity index is 1.37. The Hall–Kier alpha value is -3.90. The number of carbonyl (C=O) groups is 1. The van der Waals surface area contributed by atoms with Crippen LogP contribution in [-0.2, 0) is 15.6 Å². The Kier molecular flexibility index (Phi) is 9.85. The Labute approximate surface area is 288 Å². The first kappa shape index (κ1) is 34.0. The number of anilines is 2. The van der Waals surface area contributed by atoms with Crippen LogP contribution in [0.2, 0.25) is 0 Å². The first-order valence-corrected chi connectivity index (χ1v) is 18.1. The molecule has 1 aliphatic carbocycles. The van der Waals surface area contributed by atoms with E-state index in [1.54, 1.807) is 0 Å². The molecule has 4 aliphatic rings. The number of hydrogen-bond acceptors (Lipinski definition) is 4. The van der Waals surface area contributed by atoms with Crippen molar-refractivity contribution in [1.29, 1.82) is 0 Å². The number of rotatable bonds is 8. The number of fused-ring (bicyclic) bond motifs is 2. The van der Waals surface area contributed by atoms with E-state index >= 15 is 0 Å². The third-order valence-electron chi connectivity index (χ3n) is 11.2. The van der Waals surface area contributed by atoms with Gasteiger partial charge in [-0.15, -0.1) is 0 Å². The van der Waals surface area contributed by atoms with Crippen molar-refractivity contribution in [1.82, 2.24) is 4.90 Å². The lowest BCUT2D eigenvalue weighted by Gasteiger charge is -2.28. The van der Waals surface area contributed by atoms with Gasteiger partial charge in [0.15, 0.2) is 13.1 Å². The molecule has 254 valence electrons. The van der Waals surface area contributed by atoms with Crippen molar-refractivity contribution >= 4 is 23.1 Å². The number of allylic oxidation sites excluding steroid dienone is 8. The average molecular weight is 648 g/mol. The molecule has 0 aromatic heterocycles. The van der Waals surface area contributed by atoms with E-state index in [9.17, 15) is 4.79 Å². The summed E-state index contributed by atoms with van der Waals surface area (Å²) in [7, 11) is 4.44. The number of para-hydroxylation sites is 2. The number of unbranched alkanes of at least 4 members (excludes halogenated alkanes) is 2. The second-order valence-corrected chi connectivity index (χ2v) is 15.2. The molecule has 6 heteroatoms. The van der Waals surface area contributed by atoms with Crippen LogP contribution in [-0.4, -0.2) is 73.1 Å². The smallest absolute Gasteiger partial charge is 0.303 e. The minimum Gasteiger partial charge on any atom is -0.481 e. The van der Waals surface area contributed by atoms with Gasteiger partial charge in [-0.25, -0.2) is 4.58 Å². The molecular weight excluding hydrogens is 592 g/mol. The van der Waals surface area contributed by atoms with Crippen LogP contribution >= 0.6 is 0 Å². The van der Waals surface area contributed by atoms with Gasteiger partial charge in [0.2, 0.25) is 5.71 Å². The fourth-order valence-electron chi connectivity index (χ4n) is 8.44. The SMILES string of the molecule is CN1CC[N+](=C2/C(=C/C=C3/N(C)c4ccccc4C3(C)C)CCC/C2=C\C=C2\N(CCCCCC(=O)O)c3ccccc3C2(C)C)CC1. The summed E-state index contributed by atoms with van der Waals surface area (Å²) in [6, 6.07) is 17.6. The van der Waals surface area contributed by atoms with E-state index in [0.29, 0.717) is 0 Å². The van der Waals surface area contributed by atoms with Crippen LogP contribution < -0.4 is 9.80 Å². The van der Waals surface area contributed by atoms with Gasteiger partial charge in [-0.3, -0.25) is 9.69 Å². The first-order valence-electron chi connectivity index (χ1n) is 18.1. The van der Waals surface area contributed by atoms with Crippen LogP contribution in [0.25, 0.3) is 0 Å². The summed E-state index contributed by atoms with van der Waals surface area (Å²) in [6.07, 6.45) is 15.9. The van der Waals surface area contributed by atoms with Crippen molar-refractivity contribution in [2.45, 2.75) is 83.5 Å². The van der Waals surface area contributed by atoms with Gasteiger partial charge in [-0.1, -0.05) is 82.7 Å². The predicted octanol–water partition coefficient (Wildman–Crippen LogP) is 8.06. The highest BCUT2D eigenvalue weighted by Crippen LogP contribution is 2.48. The lowest BCUT2D eigenvalue weighted by atomic mass is 9.82. The van der Waals surface area contributed by atoms with Crippen LogP contribution in [0.4, 0.5) is 11.4 Å². The van der Waals surface area contributed by atoms with Crippen molar-refractivity contribution < 1.29 is 14.5 Å². The Bertz CT molecular complexity index is 1700. The van der Waals surface area contributed by atoms with E-state index in [1.165, 1.54) is 50.8 Å². The number of benzene rings is 2. The third-order valence-corrected chi connectivity index (χ3v) is 11.2. The minimum absolute atomic E-state index is 0.0473. The average Bonchev–Trinajstić information content (AvgIpc) is 3.40. The summed E-state index contributed by atoms with van der Waals surface area (Å²) in [6.45, 7) is 14.5. The van der Waals surface area contributed by atoms with Crippen molar-refractivity contribution in [2.75, 3.05) is 56.6 Å². The van der Waals surface area contributed by atoms with E-state index in [-0.39, 0.29) is 17.3 Å². The quantitative estimate of drug-likeness (QED) is 0.232. The van der Waals surface area contributed by atoms with Gasteiger partial charge in [0.25, 0.3) is 0 Å². The number of carboxylic acids is 1. The molecule has 2 aromatic rings. The van der Waals surface area contributed by atoms with Crippen molar-refractivity contribution in [3.05, 3.63) is 107 Å². The molecule has 1 saturated carbocycles. The molecule has 2 aromatic carbocycles. The molecule has 1 saturated heterocycles. The molecule has 1 N–H and O–H groups in total. The molecule has 0 unspecified atom stereocenters. The molecule has 0 atom stereocenters. The summed E-state index contributed by atoms with van der Waals surface area (Å²) < 4.78 is 2.65. The highest BCUT2D eigenvalue weighted by Gasteiger charge is 2.40. The van der Waals surface area contributed by atoms with Crippen molar-refractivity contribution in [3.8, 4) is 0 Å². The summed E-state index contributed by atoms with van der Waals surface area (Å²) in [5.41, 5.74) is 12.2. The third kappa shape index (κ3) is 6.56. The normalized spacial score (nSPS) is 23.9. The molecule has 2 fully saturated rings. The molecule has 0 amide bonds. The minimum atomic E-state index is -0.705. The largest absolute Gasteiger partial charge is 0.481 e. The van der Waals surface area contributed by atoms with E-state index in [0.717, 1.165) is 71.2 Å². The molecule has 6 rings (SSSR count). The molecule has 3 heterocycles. The number of piperazine rings is 1. The van der Waals surface area contributed by atoms with Crippen LogP contribution in [0.5, 0.6) is 0 Å². The maximum atomic E-state index is 11.1. The second kappa shape index (κ2) is 13.9. The summed E-state index contributed by atoms with van der Waals surface area (Å²) in [5, 5.41) is 9.12. The van der Waals surface area contributed by atoms with Crippen molar-refractivity contribution in [2.24, 2.45) is 0 Å². The molecule has 0 spiro atoms. The van der Waals surface area contributed by atoms with Gasteiger partial charge < -0.3 is 14.9 Å². The van der Waals surface area contributed by atoms with E-state index < -0.39 is 5.97 Å². The summed E-state index contributed by atoms with van der Waals surface area (Å²) >= 11 is 0. The maximum absolute atomic E-state index is 11.1. The number of carboxylic acid groups (broad SMARTS) is 1. The molecule has 6 nitrogen and oxygen atoms in total. The van der Waals surface area contributed by atoms with Gasteiger partial charge >= 0.3 is 5.97 Å². The first-order chi connectivity index (χ1) is 23.0. The zero-order chi connectivity index (χ0) is 34.1. The van der Waals surface area contributed by atoms with Gasteiger partial charge in [0.1, 0.15) is 0 Å². The standard InChI is InChI=1S/C42H54N4O2/c1-41(2)33-17-9-11-19-35(33)44(6)37(41)24-22-31-15-14-16-32(40(31)45-29-27-43(5)28-30-45)23-25-38-42(3,4)34-18-10-12-20-36(34)46(38)26-13-7-8-21-39(47)48/h9-12,17-20,22-25H,7-8,13-16,21,26-30H2,1-6H3/p+1. The van der Waals surface area contributed by atoms with Crippen LogP contribution in [0.1, 0.15) is 83.8 Å². The highest BCUT2D eigenvalue weighted by atomic mass is 16.4. The highest BCUT2D eigenvalue weighted by molar-refractivity contribution is 6.10. The van der Waals surface area contributed by atoms with E-state index in [2.05, 4.69) is 134 Å². The molecule has 48 heavy (non-hydrogen) atoms. The second-order valence-electron chi connectivity index (χ2n) is 15.2. The van der Waals surface area contributed by atoms with Gasteiger partial charge in [0, 0.05) is 64.8 Å². The fraction of sp³-hybridized carbons (Fsp3) is 0.476. The fourth-order valence-corrected chi connectivity index (χ4v) is 8.44. The maximum Gasteiger partial charge on any atom is 0.303 e. The lowest BCUT2D eigenvalue weighted by Crippen LogP contribution is -2.43. The summed E-state index contributed by atoms with van der Waals surface area (Å²) in [4.78, 5) is 18.4. The van der Waals surface area contributed by atoms with Gasteiger partial charge in [-0.05, 0) is 74.6 Å². The van der Waals surface area contributed by atoms with Crippen LogP contribution in [0.3, 0.4) is 0 Å². The Morgan fingerprint density at radius 2 is 1.33 bits per heavy atom. The zero-order valence-electron chi connectivity index (χ0n) is 30.1. The van der Waals surface area contributed by atoms with Crippen molar-refractivity contribution in [3.63, 3.8) is 0 Å². The van der Waals surface area contributed by atoms with E-state index in [1.807, 2.05) is 0 Å². The molecule has 3 aliphatic heterocycles. The number of likely N-dealkylation sites (N-methyl/N-ethyl adjacent to an activating group) is 2.